The van der Waals surface area contributed by atoms with Crippen LogP contribution in [-0.4, -0.2) is 21.0 Å². The van der Waals surface area contributed by atoms with E-state index < -0.39 is 8.32 Å². The highest BCUT2D eigenvalue weighted by Gasteiger charge is 2.26. The molecular weight excluding hydrogens is 535 g/mol. The largest absolute Gasteiger partial charge is 0.491 e. The molecule has 0 aliphatic heterocycles. The van der Waals surface area contributed by atoms with Crippen molar-refractivity contribution in [1.29, 1.82) is 0 Å². The highest BCUT2D eigenvalue weighted by atomic mass is 127. The quantitative estimate of drug-likeness (QED) is 0.138. The van der Waals surface area contributed by atoms with Crippen molar-refractivity contribution in [1.82, 2.24) is 0 Å². The summed E-state index contributed by atoms with van der Waals surface area (Å²) in [6.45, 7) is 12.1. The van der Waals surface area contributed by atoms with Gasteiger partial charge in [0.05, 0.1) is 6.10 Å². The van der Waals surface area contributed by atoms with Gasteiger partial charge in [0.25, 0.3) is 0 Å². The number of benzene rings is 2. The molecule has 0 radical (unpaired) electrons. The van der Waals surface area contributed by atoms with Gasteiger partial charge in [-0.3, -0.25) is 0 Å². The van der Waals surface area contributed by atoms with E-state index in [0.717, 1.165) is 5.75 Å². The maximum absolute atomic E-state index is 6.57. The number of halogens is 1. The summed E-state index contributed by atoms with van der Waals surface area (Å²) in [6.07, 6.45) is 12.4. The Morgan fingerprint density at radius 2 is 1.33 bits per heavy atom. The third kappa shape index (κ3) is 13.0. The lowest BCUT2D eigenvalue weighted by Gasteiger charge is -2.31. The summed E-state index contributed by atoms with van der Waals surface area (Å²) in [5.74, 6) is 1.49. The van der Waals surface area contributed by atoms with Crippen molar-refractivity contribution in [3.63, 3.8) is 0 Å². The van der Waals surface area contributed by atoms with E-state index in [1.807, 2.05) is 0 Å². The third-order valence-electron chi connectivity index (χ3n) is 5.83. The van der Waals surface area contributed by atoms with Gasteiger partial charge in [-0.05, 0) is 68.4 Å². The summed E-state index contributed by atoms with van der Waals surface area (Å²) in [5.41, 5.74) is 0. The number of unbranched alkanes of at least 4 members (excludes halogenated alkanes) is 7. The van der Waals surface area contributed by atoms with Crippen LogP contribution in [0.2, 0.25) is 19.6 Å². The molecule has 2 nitrogen and oxygen atoms in total. The first-order valence-corrected chi connectivity index (χ1v) is 18.5. The lowest BCUT2D eigenvalue weighted by Crippen LogP contribution is -3.61. The molecule has 0 aliphatic carbocycles. The van der Waals surface area contributed by atoms with Crippen LogP contribution in [0.5, 0.6) is 5.75 Å². The average Bonchev–Trinajstić information content (AvgIpc) is 2.79. The Hall–Kier alpha value is -0.853. The minimum atomic E-state index is -1.62. The smallest absolute Gasteiger partial charge is 0.357 e. The molecule has 33 heavy (non-hydrogen) atoms. The first-order chi connectivity index (χ1) is 15.9. The Morgan fingerprint density at radius 3 is 1.94 bits per heavy atom. The minimum absolute atomic E-state index is 0.127. The fraction of sp³-hybridized carbons (Fsp3) is 0.586. The Labute approximate surface area is 215 Å². The van der Waals surface area contributed by atoms with Crippen molar-refractivity contribution in [2.45, 2.75) is 97.4 Å². The zero-order chi connectivity index (χ0) is 23.9. The first-order valence-electron chi connectivity index (χ1n) is 13.0. The average molecular weight is 582 g/mol. The zero-order valence-electron chi connectivity index (χ0n) is 21.6. The van der Waals surface area contributed by atoms with Crippen molar-refractivity contribution in [2.24, 2.45) is 5.92 Å². The Balaban J connectivity index is 1.78. The minimum Gasteiger partial charge on any atom is -0.491 e. The molecule has 4 heteroatoms. The molecule has 0 aliphatic rings. The summed E-state index contributed by atoms with van der Waals surface area (Å²) < 4.78 is 15.7. The van der Waals surface area contributed by atoms with Crippen LogP contribution in [0.25, 0.3) is 0 Å². The van der Waals surface area contributed by atoms with Gasteiger partial charge in [-0.2, -0.15) is 0 Å². The second-order valence-corrected chi connectivity index (χ2v) is 17.7. The van der Waals surface area contributed by atoms with Crippen LogP contribution >= 0.6 is 0 Å². The Bertz CT molecular complexity index is 742. The van der Waals surface area contributed by atoms with Crippen LogP contribution in [-0.2, 0) is 4.43 Å². The summed E-state index contributed by atoms with van der Waals surface area (Å²) in [5, 5.41) is 0. The van der Waals surface area contributed by atoms with Gasteiger partial charge >= 0.3 is 21.2 Å². The molecule has 184 valence electrons. The highest BCUT2D eigenvalue weighted by molar-refractivity contribution is 6.69. The molecule has 0 amide bonds. The molecule has 0 saturated carbocycles. The van der Waals surface area contributed by atoms with E-state index in [9.17, 15) is 0 Å². The van der Waals surface area contributed by atoms with Crippen molar-refractivity contribution in [2.75, 3.05) is 6.61 Å². The topological polar surface area (TPSA) is 18.5 Å². The predicted molar refractivity (Wildman–Crippen MR) is 140 cm³/mol. The van der Waals surface area contributed by atoms with Crippen molar-refractivity contribution >= 4 is 8.32 Å². The van der Waals surface area contributed by atoms with Crippen molar-refractivity contribution in [3.05, 3.63) is 61.7 Å². The predicted octanol–water partition coefficient (Wildman–Crippen LogP) is 5.58. The van der Waals surface area contributed by atoms with Crippen LogP contribution in [0.4, 0.5) is 0 Å². The van der Waals surface area contributed by atoms with Gasteiger partial charge in [0.2, 0.25) is 0 Å². The van der Waals surface area contributed by atoms with Crippen molar-refractivity contribution < 1.29 is 30.4 Å². The molecule has 0 spiro atoms. The van der Waals surface area contributed by atoms with Gasteiger partial charge in [-0.25, -0.2) is 0 Å². The molecule has 0 bridgehead atoms. The standard InChI is InChI=1S/C29H46IO2Si/c1-6-7-8-9-10-11-12-14-17-25(2)29(32-33(3,4)5)24-31-28-22-20-27(21-23-28)30-26-18-15-13-16-19-26/h13,15-16,18-23,25,29H,6-12,14,17,24H2,1-5H3/q+1. The van der Waals surface area contributed by atoms with Gasteiger partial charge in [-0.1, -0.05) is 83.4 Å². The molecule has 0 aromatic heterocycles. The van der Waals surface area contributed by atoms with Gasteiger partial charge in [0.1, 0.15) is 12.4 Å². The van der Waals surface area contributed by atoms with Gasteiger partial charge < -0.3 is 9.16 Å². The van der Waals surface area contributed by atoms with E-state index in [-0.39, 0.29) is 27.3 Å². The number of hydrogen-bond acceptors (Lipinski definition) is 2. The van der Waals surface area contributed by atoms with Crippen molar-refractivity contribution in [3.8, 4) is 5.75 Å². The molecule has 2 rings (SSSR count). The third-order valence-corrected chi connectivity index (χ3v) is 9.53. The van der Waals surface area contributed by atoms with Crippen LogP contribution in [0.3, 0.4) is 0 Å². The fourth-order valence-corrected chi connectivity index (χ4v) is 7.35. The molecule has 0 fully saturated rings. The van der Waals surface area contributed by atoms with E-state index in [0.29, 0.717) is 12.5 Å². The Morgan fingerprint density at radius 1 is 0.758 bits per heavy atom. The summed E-state index contributed by atoms with van der Waals surface area (Å²) >= 11 is -0.127. The summed E-state index contributed by atoms with van der Waals surface area (Å²) in [6, 6.07) is 19.5. The monoisotopic (exact) mass is 581 g/mol. The molecule has 0 N–H and O–H groups in total. The molecular formula is C29H46IO2Si+. The number of hydrogen-bond donors (Lipinski definition) is 0. The zero-order valence-corrected chi connectivity index (χ0v) is 24.8. The summed E-state index contributed by atoms with van der Waals surface area (Å²) in [7, 11) is -1.62. The van der Waals surface area contributed by atoms with Gasteiger partial charge in [0, 0.05) is 0 Å². The van der Waals surface area contributed by atoms with E-state index >= 15 is 0 Å². The maximum Gasteiger partial charge on any atom is 0.357 e. The van der Waals surface area contributed by atoms with Crippen LogP contribution in [0.1, 0.15) is 71.6 Å². The van der Waals surface area contributed by atoms with Gasteiger partial charge in [-0.15, -0.1) is 0 Å². The summed E-state index contributed by atoms with van der Waals surface area (Å²) in [4.78, 5) is 0. The van der Waals surface area contributed by atoms with Crippen LogP contribution in [0, 0.1) is 13.1 Å². The van der Waals surface area contributed by atoms with E-state index in [4.69, 9.17) is 9.16 Å². The van der Waals surface area contributed by atoms with Crippen LogP contribution < -0.4 is 25.9 Å². The van der Waals surface area contributed by atoms with E-state index in [2.05, 4.69) is 88.1 Å². The lowest BCUT2D eigenvalue weighted by molar-refractivity contribution is -0.597. The van der Waals surface area contributed by atoms with Gasteiger partial charge in [0.15, 0.2) is 15.5 Å². The van der Waals surface area contributed by atoms with E-state index in [1.54, 1.807) is 0 Å². The second-order valence-electron chi connectivity index (χ2n) is 10.2. The maximum atomic E-state index is 6.57. The number of ether oxygens (including phenoxy) is 1. The Kier molecular flexibility index (Phi) is 13.7. The molecule has 2 aromatic rings. The fourth-order valence-electron chi connectivity index (χ4n) is 3.93. The van der Waals surface area contributed by atoms with E-state index in [1.165, 1.54) is 64.9 Å². The normalized spacial score (nSPS) is 13.6. The lowest BCUT2D eigenvalue weighted by atomic mass is 9.97. The second kappa shape index (κ2) is 15.9. The molecule has 2 atom stereocenters. The highest BCUT2D eigenvalue weighted by Crippen LogP contribution is 2.22. The molecule has 2 aromatic carbocycles. The SMILES string of the molecule is CCCCCCCCCCC(C)C(COc1ccc([I+]c2ccccc2)cc1)O[Si](C)(C)C. The number of rotatable bonds is 17. The van der Waals surface area contributed by atoms with Crippen LogP contribution in [0.15, 0.2) is 54.6 Å². The molecule has 0 heterocycles. The first kappa shape index (κ1) is 28.4. The molecule has 0 saturated heterocycles. The molecule has 2 unspecified atom stereocenters.